The van der Waals surface area contributed by atoms with E-state index >= 15 is 0 Å². The van der Waals surface area contributed by atoms with Crippen LogP contribution < -0.4 is 0 Å². The zero-order valence-corrected chi connectivity index (χ0v) is 7.76. The Kier molecular flexibility index (Phi) is 2.71. The SMILES string of the molecule is COC1=CC(F)=CCC1I. The molecular weight excluding hydrogens is 246 g/mol. The summed E-state index contributed by atoms with van der Waals surface area (Å²) in [5, 5.41) is 0. The van der Waals surface area contributed by atoms with Crippen molar-refractivity contribution in [3.05, 3.63) is 23.7 Å². The van der Waals surface area contributed by atoms with Gasteiger partial charge in [-0.3, -0.25) is 0 Å². The second-order valence-electron chi connectivity index (χ2n) is 2.04. The lowest BCUT2D eigenvalue weighted by atomic mass is 10.1. The molecule has 0 aromatic heterocycles. The van der Waals surface area contributed by atoms with Gasteiger partial charge in [0.1, 0.15) is 11.6 Å². The molecule has 0 fully saturated rings. The van der Waals surface area contributed by atoms with Crippen LogP contribution in [0, 0.1) is 0 Å². The molecule has 0 aromatic carbocycles. The van der Waals surface area contributed by atoms with Gasteiger partial charge in [-0.15, -0.1) is 0 Å². The van der Waals surface area contributed by atoms with Gasteiger partial charge in [-0.05, 0) is 12.5 Å². The summed E-state index contributed by atoms with van der Waals surface area (Å²) in [6.07, 6.45) is 3.73. The maximum Gasteiger partial charge on any atom is 0.122 e. The van der Waals surface area contributed by atoms with E-state index in [2.05, 4.69) is 22.6 Å². The van der Waals surface area contributed by atoms with Crippen molar-refractivity contribution >= 4 is 22.6 Å². The predicted octanol–water partition coefficient (Wildman–Crippen LogP) is 2.58. The molecule has 0 N–H and O–H groups in total. The standard InChI is InChI=1S/C7H8FIO/c1-10-7-4-5(8)2-3-6(7)9/h2,4,6H,3H2,1H3. The molecule has 1 rings (SSSR count). The Morgan fingerprint density at radius 3 is 3.00 bits per heavy atom. The number of hydrogen-bond acceptors (Lipinski definition) is 1. The van der Waals surface area contributed by atoms with Crippen LogP contribution in [-0.4, -0.2) is 11.0 Å². The van der Waals surface area contributed by atoms with Crippen LogP contribution in [0.4, 0.5) is 4.39 Å². The average Bonchev–Trinajstić information content (AvgIpc) is 1.94. The van der Waals surface area contributed by atoms with Gasteiger partial charge < -0.3 is 4.74 Å². The van der Waals surface area contributed by atoms with Crippen LogP contribution in [-0.2, 0) is 4.74 Å². The number of allylic oxidation sites excluding steroid dienone is 4. The smallest absolute Gasteiger partial charge is 0.122 e. The summed E-state index contributed by atoms with van der Waals surface area (Å²) in [6, 6.07) is 0. The highest BCUT2D eigenvalue weighted by Gasteiger charge is 2.14. The Morgan fingerprint density at radius 1 is 1.80 bits per heavy atom. The van der Waals surface area contributed by atoms with Crippen molar-refractivity contribution in [1.29, 1.82) is 0 Å². The van der Waals surface area contributed by atoms with Crippen molar-refractivity contribution in [3.63, 3.8) is 0 Å². The maximum absolute atomic E-state index is 12.5. The molecule has 0 heterocycles. The van der Waals surface area contributed by atoms with Gasteiger partial charge in [0, 0.05) is 6.08 Å². The molecule has 1 aliphatic carbocycles. The number of ether oxygens (including phenoxy) is 1. The summed E-state index contributed by atoms with van der Waals surface area (Å²) < 4.78 is 17.7. The van der Waals surface area contributed by atoms with Crippen LogP contribution in [0.25, 0.3) is 0 Å². The Hall–Kier alpha value is -0.0600. The summed E-state index contributed by atoms with van der Waals surface area (Å²) >= 11 is 2.22. The van der Waals surface area contributed by atoms with E-state index in [4.69, 9.17) is 4.74 Å². The Labute approximate surface area is 73.1 Å². The molecule has 0 saturated heterocycles. The third-order valence-electron chi connectivity index (χ3n) is 1.34. The highest BCUT2D eigenvalue weighted by Crippen LogP contribution is 2.25. The van der Waals surface area contributed by atoms with Crippen molar-refractivity contribution in [2.24, 2.45) is 0 Å². The lowest BCUT2D eigenvalue weighted by Gasteiger charge is -2.14. The van der Waals surface area contributed by atoms with Gasteiger partial charge in [0.25, 0.3) is 0 Å². The topological polar surface area (TPSA) is 9.23 Å². The molecule has 0 aliphatic heterocycles. The van der Waals surface area contributed by atoms with Gasteiger partial charge in [0.05, 0.1) is 11.0 Å². The second-order valence-corrected chi connectivity index (χ2v) is 3.55. The van der Waals surface area contributed by atoms with Crippen LogP contribution >= 0.6 is 22.6 Å². The normalized spacial score (nSPS) is 25.3. The zero-order chi connectivity index (χ0) is 7.56. The first-order valence-corrected chi connectivity index (χ1v) is 4.24. The predicted molar refractivity (Wildman–Crippen MR) is 46.7 cm³/mol. The van der Waals surface area contributed by atoms with Crippen molar-refractivity contribution in [1.82, 2.24) is 0 Å². The molecule has 10 heavy (non-hydrogen) atoms. The van der Waals surface area contributed by atoms with Crippen molar-refractivity contribution in [2.75, 3.05) is 7.11 Å². The Morgan fingerprint density at radius 2 is 2.50 bits per heavy atom. The van der Waals surface area contributed by atoms with E-state index < -0.39 is 0 Å². The largest absolute Gasteiger partial charge is 0.500 e. The highest BCUT2D eigenvalue weighted by molar-refractivity contribution is 14.1. The van der Waals surface area contributed by atoms with Crippen LogP contribution in [0.1, 0.15) is 6.42 Å². The number of alkyl halides is 1. The molecule has 56 valence electrons. The van der Waals surface area contributed by atoms with Gasteiger partial charge in [0.2, 0.25) is 0 Å². The fourth-order valence-corrected chi connectivity index (χ4v) is 1.49. The van der Waals surface area contributed by atoms with Gasteiger partial charge in [-0.25, -0.2) is 4.39 Å². The van der Waals surface area contributed by atoms with Crippen LogP contribution in [0.15, 0.2) is 23.7 Å². The van der Waals surface area contributed by atoms with Gasteiger partial charge in [-0.2, -0.15) is 0 Å². The minimum atomic E-state index is -0.190. The van der Waals surface area contributed by atoms with E-state index in [0.29, 0.717) is 3.92 Å². The monoisotopic (exact) mass is 254 g/mol. The van der Waals surface area contributed by atoms with Crippen LogP contribution in [0.5, 0.6) is 0 Å². The molecular formula is C7H8FIO. The average molecular weight is 254 g/mol. The molecule has 0 saturated carbocycles. The Bertz CT molecular complexity index is 186. The molecule has 3 heteroatoms. The molecule has 0 amide bonds. The molecule has 0 bridgehead atoms. The molecule has 1 aliphatic rings. The van der Waals surface area contributed by atoms with Gasteiger partial charge in [0.15, 0.2) is 0 Å². The van der Waals surface area contributed by atoms with E-state index in [-0.39, 0.29) is 5.83 Å². The van der Waals surface area contributed by atoms with E-state index in [1.165, 1.54) is 6.08 Å². The minimum Gasteiger partial charge on any atom is -0.500 e. The summed E-state index contributed by atoms with van der Waals surface area (Å²) in [5.74, 6) is 0.533. The molecule has 1 atom stereocenters. The van der Waals surface area contributed by atoms with E-state index in [9.17, 15) is 4.39 Å². The Balaban J connectivity index is 2.73. The quantitative estimate of drug-likeness (QED) is 0.516. The third kappa shape index (κ3) is 1.71. The van der Waals surface area contributed by atoms with Crippen molar-refractivity contribution in [3.8, 4) is 0 Å². The van der Waals surface area contributed by atoms with Crippen LogP contribution in [0.2, 0.25) is 0 Å². The van der Waals surface area contributed by atoms with Crippen molar-refractivity contribution < 1.29 is 9.13 Å². The number of rotatable bonds is 1. The van der Waals surface area contributed by atoms with Gasteiger partial charge in [-0.1, -0.05) is 22.6 Å². The zero-order valence-electron chi connectivity index (χ0n) is 5.60. The second kappa shape index (κ2) is 3.37. The fourth-order valence-electron chi connectivity index (χ4n) is 0.804. The fraction of sp³-hybridized carbons (Fsp3) is 0.429. The van der Waals surface area contributed by atoms with Crippen molar-refractivity contribution in [2.45, 2.75) is 10.3 Å². The number of halogens is 2. The summed E-state index contributed by atoms with van der Waals surface area (Å²) in [6.45, 7) is 0. The first kappa shape index (κ1) is 8.04. The number of hydrogen-bond donors (Lipinski definition) is 0. The minimum absolute atomic E-state index is 0.190. The van der Waals surface area contributed by atoms with E-state index in [1.807, 2.05) is 0 Å². The summed E-state index contributed by atoms with van der Waals surface area (Å²) in [5.41, 5.74) is 0. The maximum atomic E-state index is 12.5. The third-order valence-corrected chi connectivity index (χ3v) is 2.47. The summed E-state index contributed by atoms with van der Waals surface area (Å²) in [7, 11) is 1.57. The first-order chi connectivity index (χ1) is 4.74. The molecule has 1 nitrogen and oxygen atoms in total. The molecule has 0 radical (unpaired) electrons. The summed E-state index contributed by atoms with van der Waals surface area (Å²) in [4.78, 5) is 0. The molecule has 1 unspecified atom stereocenters. The number of methoxy groups -OCH3 is 1. The van der Waals surface area contributed by atoms with Crippen LogP contribution in [0.3, 0.4) is 0 Å². The first-order valence-electron chi connectivity index (χ1n) is 2.99. The molecule has 0 aromatic rings. The van der Waals surface area contributed by atoms with E-state index in [1.54, 1.807) is 13.2 Å². The lowest BCUT2D eigenvalue weighted by molar-refractivity contribution is 0.280. The lowest BCUT2D eigenvalue weighted by Crippen LogP contribution is -2.06. The highest BCUT2D eigenvalue weighted by atomic mass is 127. The van der Waals surface area contributed by atoms with E-state index in [0.717, 1.165) is 12.2 Å². The molecule has 0 spiro atoms. The van der Waals surface area contributed by atoms with Gasteiger partial charge >= 0.3 is 0 Å².